The van der Waals surface area contributed by atoms with Crippen molar-refractivity contribution in [2.45, 2.75) is 32.2 Å². The highest BCUT2D eigenvalue weighted by atomic mass is 79.9. The summed E-state index contributed by atoms with van der Waals surface area (Å²) in [5, 5.41) is 9.31. The Hall–Kier alpha value is -0.860. The van der Waals surface area contributed by atoms with Crippen LogP contribution >= 0.6 is 15.9 Å². The minimum Gasteiger partial charge on any atom is -0.343 e. The fraction of sp³-hybridized carbons (Fsp3) is 0.636. The first kappa shape index (κ1) is 11.6. The summed E-state index contributed by atoms with van der Waals surface area (Å²) in [6, 6.07) is 2.17. The molecule has 4 nitrogen and oxygen atoms in total. The van der Waals surface area contributed by atoms with E-state index in [1.54, 1.807) is 0 Å². The van der Waals surface area contributed by atoms with E-state index in [4.69, 9.17) is 0 Å². The van der Waals surface area contributed by atoms with E-state index in [9.17, 15) is 5.26 Å². The largest absolute Gasteiger partial charge is 0.343 e. The second-order valence-electron chi connectivity index (χ2n) is 4.15. The van der Waals surface area contributed by atoms with Gasteiger partial charge in [0.05, 0.1) is 11.8 Å². The quantitative estimate of drug-likeness (QED) is 0.907. The van der Waals surface area contributed by atoms with Crippen LogP contribution in [0.2, 0.25) is 0 Å². The number of hydrogen-bond donors (Lipinski definition) is 1. The molecule has 0 radical (unpaired) electrons. The van der Waals surface area contributed by atoms with Crippen molar-refractivity contribution >= 4 is 15.9 Å². The monoisotopic (exact) mass is 282 g/mol. The second kappa shape index (κ2) is 4.98. The van der Waals surface area contributed by atoms with E-state index >= 15 is 0 Å². The van der Waals surface area contributed by atoms with Crippen LogP contribution < -0.4 is 0 Å². The average molecular weight is 283 g/mol. The number of nitriles is 1. The third-order valence-corrected chi connectivity index (χ3v) is 3.56. The van der Waals surface area contributed by atoms with E-state index in [2.05, 4.69) is 36.9 Å². The van der Waals surface area contributed by atoms with Crippen LogP contribution in [0.1, 0.15) is 36.8 Å². The van der Waals surface area contributed by atoms with Gasteiger partial charge in [0.25, 0.3) is 0 Å². The normalized spacial score (nSPS) is 19.3. The highest BCUT2D eigenvalue weighted by Crippen LogP contribution is 2.27. The standard InChI is InChI=1S/C11H15BrN4/c1-8-14-10(11(12)15-8)9(7-13)16-5-3-2-4-6-16/h9H,2-6H2,1H3,(H,14,15). The number of hydrogen-bond acceptors (Lipinski definition) is 3. The second-order valence-corrected chi connectivity index (χ2v) is 4.91. The van der Waals surface area contributed by atoms with Gasteiger partial charge in [-0.15, -0.1) is 0 Å². The summed E-state index contributed by atoms with van der Waals surface area (Å²) in [5.41, 5.74) is 0.891. The molecule has 0 aliphatic carbocycles. The Labute approximate surface area is 104 Å². The number of rotatable bonds is 2. The van der Waals surface area contributed by atoms with Crippen LogP contribution in [0.15, 0.2) is 4.60 Å². The van der Waals surface area contributed by atoms with Gasteiger partial charge in [0.15, 0.2) is 0 Å². The number of nitrogens with zero attached hydrogens (tertiary/aromatic N) is 3. The SMILES string of the molecule is Cc1nc(Br)c(C(C#N)N2CCCCC2)[nH]1. The van der Waals surface area contributed by atoms with E-state index in [1.807, 2.05) is 6.92 Å². The van der Waals surface area contributed by atoms with Crippen molar-refractivity contribution in [1.82, 2.24) is 14.9 Å². The van der Waals surface area contributed by atoms with E-state index < -0.39 is 0 Å². The van der Waals surface area contributed by atoms with E-state index in [0.29, 0.717) is 0 Å². The van der Waals surface area contributed by atoms with Gasteiger partial charge in [-0.25, -0.2) is 4.98 Å². The lowest BCUT2D eigenvalue weighted by Crippen LogP contribution is -2.33. The van der Waals surface area contributed by atoms with Crippen LogP contribution in [0.5, 0.6) is 0 Å². The Morgan fingerprint density at radius 2 is 2.12 bits per heavy atom. The minimum absolute atomic E-state index is 0.198. The molecule has 1 aromatic rings. The molecule has 0 spiro atoms. The molecule has 1 saturated heterocycles. The lowest BCUT2D eigenvalue weighted by molar-refractivity contribution is 0.193. The number of aromatic nitrogens is 2. The molecule has 1 atom stereocenters. The topological polar surface area (TPSA) is 55.7 Å². The summed E-state index contributed by atoms with van der Waals surface area (Å²) in [5.74, 6) is 0.846. The van der Waals surface area contributed by atoms with Crippen molar-refractivity contribution in [2.75, 3.05) is 13.1 Å². The fourth-order valence-corrected chi connectivity index (χ4v) is 2.75. The van der Waals surface area contributed by atoms with Gasteiger partial charge in [0, 0.05) is 0 Å². The maximum Gasteiger partial charge on any atom is 0.141 e. The van der Waals surface area contributed by atoms with Crippen molar-refractivity contribution in [3.05, 3.63) is 16.1 Å². The molecule has 1 aliphatic heterocycles. The Bertz CT molecular complexity index is 401. The van der Waals surface area contributed by atoms with E-state index in [1.165, 1.54) is 19.3 Å². The van der Waals surface area contributed by atoms with E-state index in [0.717, 1.165) is 29.2 Å². The summed E-state index contributed by atoms with van der Waals surface area (Å²) in [4.78, 5) is 9.65. The van der Waals surface area contributed by atoms with Crippen LogP contribution in [0.25, 0.3) is 0 Å². The van der Waals surface area contributed by atoms with Crippen LogP contribution in [-0.2, 0) is 0 Å². The van der Waals surface area contributed by atoms with Gasteiger partial charge in [-0.3, -0.25) is 4.90 Å². The zero-order valence-electron chi connectivity index (χ0n) is 9.33. The van der Waals surface area contributed by atoms with Gasteiger partial charge in [0.2, 0.25) is 0 Å². The lowest BCUT2D eigenvalue weighted by atomic mass is 10.1. The van der Waals surface area contributed by atoms with Crippen molar-refractivity contribution in [2.24, 2.45) is 0 Å². The van der Waals surface area contributed by atoms with Crippen molar-refractivity contribution in [1.29, 1.82) is 5.26 Å². The molecule has 86 valence electrons. The van der Waals surface area contributed by atoms with Crippen LogP contribution in [0.4, 0.5) is 0 Å². The van der Waals surface area contributed by atoms with Crippen LogP contribution in [-0.4, -0.2) is 28.0 Å². The van der Waals surface area contributed by atoms with Gasteiger partial charge in [-0.05, 0) is 48.8 Å². The Kier molecular flexibility index (Phi) is 3.62. The Morgan fingerprint density at radius 3 is 2.62 bits per heavy atom. The third kappa shape index (κ3) is 2.28. The van der Waals surface area contributed by atoms with Gasteiger partial charge < -0.3 is 4.98 Å². The number of H-pyrrole nitrogens is 1. The molecule has 1 unspecified atom stereocenters. The number of piperidine rings is 1. The number of halogens is 1. The molecule has 1 aliphatic rings. The summed E-state index contributed by atoms with van der Waals surface area (Å²) in [6.45, 7) is 3.91. The molecule has 0 aromatic carbocycles. The molecular weight excluding hydrogens is 268 g/mol. The molecule has 2 heterocycles. The van der Waals surface area contributed by atoms with Gasteiger partial charge in [-0.2, -0.15) is 5.26 Å². The third-order valence-electron chi connectivity index (χ3n) is 2.96. The number of likely N-dealkylation sites (tertiary alicyclic amines) is 1. The maximum atomic E-state index is 9.31. The Balaban J connectivity index is 2.22. The van der Waals surface area contributed by atoms with Crippen LogP contribution in [0.3, 0.4) is 0 Å². The molecule has 0 saturated carbocycles. The first-order valence-electron chi connectivity index (χ1n) is 5.58. The lowest BCUT2D eigenvalue weighted by Gasteiger charge is -2.29. The van der Waals surface area contributed by atoms with Gasteiger partial charge in [-0.1, -0.05) is 6.42 Å². The molecule has 0 bridgehead atoms. The molecular formula is C11H15BrN4. The van der Waals surface area contributed by atoms with Crippen molar-refractivity contribution in [3.8, 4) is 6.07 Å². The summed E-state index contributed by atoms with van der Waals surface area (Å²) in [6.07, 6.45) is 3.64. The highest BCUT2D eigenvalue weighted by Gasteiger charge is 2.25. The molecule has 2 rings (SSSR count). The summed E-state index contributed by atoms with van der Waals surface area (Å²) in [7, 11) is 0. The van der Waals surface area contributed by atoms with Crippen molar-refractivity contribution in [3.63, 3.8) is 0 Å². The minimum atomic E-state index is -0.198. The molecule has 0 amide bonds. The molecule has 1 N–H and O–H groups in total. The summed E-state index contributed by atoms with van der Waals surface area (Å²) >= 11 is 3.41. The number of nitrogens with one attached hydrogen (secondary N) is 1. The van der Waals surface area contributed by atoms with Crippen molar-refractivity contribution < 1.29 is 0 Å². The average Bonchev–Trinajstić information content (AvgIpc) is 2.61. The van der Waals surface area contributed by atoms with Crippen LogP contribution in [0, 0.1) is 18.3 Å². The number of aryl methyl sites for hydroxylation is 1. The zero-order chi connectivity index (χ0) is 11.5. The van der Waals surface area contributed by atoms with E-state index in [-0.39, 0.29) is 6.04 Å². The number of imidazole rings is 1. The van der Waals surface area contributed by atoms with Gasteiger partial charge in [0.1, 0.15) is 16.5 Å². The zero-order valence-corrected chi connectivity index (χ0v) is 10.9. The predicted molar refractivity (Wildman–Crippen MR) is 64.8 cm³/mol. The van der Waals surface area contributed by atoms with Gasteiger partial charge >= 0.3 is 0 Å². The molecule has 1 aromatic heterocycles. The molecule has 16 heavy (non-hydrogen) atoms. The summed E-state index contributed by atoms with van der Waals surface area (Å²) < 4.78 is 0.766. The first-order chi connectivity index (χ1) is 7.72. The predicted octanol–water partition coefficient (Wildman–Crippen LogP) is 2.53. The molecule has 1 fully saturated rings. The maximum absolute atomic E-state index is 9.31. The Morgan fingerprint density at radius 1 is 1.44 bits per heavy atom. The fourth-order valence-electron chi connectivity index (χ4n) is 2.17. The molecule has 5 heteroatoms. The highest BCUT2D eigenvalue weighted by molar-refractivity contribution is 9.10. The number of aromatic amines is 1. The smallest absolute Gasteiger partial charge is 0.141 e. The first-order valence-corrected chi connectivity index (χ1v) is 6.37.